The van der Waals surface area contributed by atoms with Gasteiger partial charge in [-0.25, -0.2) is 0 Å². The van der Waals surface area contributed by atoms with Gasteiger partial charge in [-0.1, -0.05) is 30.3 Å². The van der Waals surface area contributed by atoms with Crippen LogP contribution in [0.2, 0.25) is 0 Å². The Morgan fingerprint density at radius 2 is 1.67 bits per heavy atom. The van der Waals surface area contributed by atoms with E-state index in [0.717, 1.165) is 31.7 Å². The monoisotopic (exact) mass is 283 g/mol. The average molecular weight is 283 g/mol. The van der Waals surface area contributed by atoms with Crippen LogP contribution in [-0.2, 0) is 11.3 Å². The van der Waals surface area contributed by atoms with E-state index >= 15 is 0 Å². The first-order valence-corrected chi connectivity index (χ1v) is 8.62. The highest BCUT2D eigenvalue weighted by Crippen LogP contribution is 2.42. The number of Topliss-reactive ketones (excluding diaryl/α,β-unsaturated/α-hetero) is 1. The summed E-state index contributed by atoms with van der Waals surface area (Å²) in [7, 11) is 0. The quantitative estimate of drug-likeness (QED) is 0.819. The number of benzene rings is 1. The third-order valence-corrected chi connectivity index (χ3v) is 5.73. The molecule has 112 valence electrons. The summed E-state index contributed by atoms with van der Waals surface area (Å²) in [6.07, 6.45) is 8.30. The highest BCUT2D eigenvalue weighted by atomic mass is 16.1. The van der Waals surface area contributed by atoms with E-state index in [1.165, 1.54) is 31.2 Å². The molecule has 2 aliphatic heterocycles. The lowest BCUT2D eigenvalue weighted by atomic mass is 9.85. The van der Waals surface area contributed by atoms with Crippen LogP contribution in [0.1, 0.15) is 50.5 Å². The molecule has 0 spiro atoms. The number of fused-ring (bicyclic) bond motifs is 2. The van der Waals surface area contributed by atoms with Crippen LogP contribution in [0.15, 0.2) is 30.3 Å². The van der Waals surface area contributed by atoms with E-state index in [2.05, 4.69) is 35.2 Å². The molecule has 1 aromatic carbocycles. The Bertz CT molecular complexity index is 494. The molecule has 0 N–H and O–H groups in total. The Morgan fingerprint density at radius 3 is 2.29 bits per heavy atom. The average Bonchev–Trinajstić information content (AvgIpc) is 3.28. The molecule has 2 atom stereocenters. The first-order chi connectivity index (χ1) is 10.3. The molecule has 2 saturated heterocycles. The van der Waals surface area contributed by atoms with Crippen LogP contribution in [-0.4, -0.2) is 22.8 Å². The third-order valence-electron chi connectivity index (χ3n) is 5.73. The zero-order valence-corrected chi connectivity index (χ0v) is 12.7. The van der Waals surface area contributed by atoms with Crippen molar-refractivity contribution in [3.8, 4) is 0 Å². The van der Waals surface area contributed by atoms with Crippen molar-refractivity contribution >= 4 is 5.78 Å². The van der Waals surface area contributed by atoms with Crippen LogP contribution in [0.4, 0.5) is 0 Å². The van der Waals surface area contributed by atoms with Gasteiger partial charge in [-0.15, -0.1) is 0 Å². The lowest BCUT2D eigenvalue weighted by Crippen LogP contribution is -2.44. The lowest BCUT2D eigenvalue weighted by Gasteiger charge is -2.38. The largest absolute Gasteiger partial charge is 0.299 e. The van der Waals surface area contributed by atoms with Crippen molar-refractivity contribution in [1.29, 1.82) is 0 Å². The molecule has 2 heterocycles. The smallest absolute Gasteiger partial charge is 0.136 e. The SMILES string of the molecule is O=C(CC1CC1)C1CC2CCC(C1)N2Cc1ccccc1. The fourth-order valence-electron chi connectivity index (χ4n) is 4.36. The van der Waals surface area contributed by atoms with Crippen molar-refractivity contribution in [3.63, 3.8) is 0 Å². The second kappa shape index (κ2) is 5.57. The number of carbonyl (C=O) groups excluding carboxylic acids is 1. The van der Waals surface area contributed by atoms with Gasteiger partial charge in [0.15, 0.2) is 0 Å². The number of hydrogen-bond acceptors (Lipinski definition) is 2. The van der Waals surface area contributed by atoms with Gasteiger partial charge in [0.05, 0.1) is 0 Å². The summed E-state index contributed by atoms with van der Waals surface area (Å²) in [5.74, 6) is 1.70. The maximum absolute atomic E-state index is 12.4. The van der Waals surface area contributed by atoms with Crippen LogP contribution < -0.4 is 0 Å². The van der Waals surface area contributed by atoms with E-state index in [-0.39, 0.29) is 0 Å². The maximum Gasteiger partial charge on any atom is 0.136 e. The summed E-state index contributed by atoms with van der Waals surface area (Å²) in [5.41, 5.74) is 1.41. The molecule has 2 heteroatoms. The van der Waals surface area contributed by atoms with Crippen molar-refractivity contribution in [2.75, 3.05) is 0 Å². The molecule has 1 aliphatic carbocycles. The van der Waals surface area contributed by atoms with E-state index in [1.807, 2.05) is 0 Å². The van der Waals surface area contributed by atoms with Gasteiger partial charge in [0, 0.05) is 31.0 Å². The number of piperidine rings is 1. The van der Waals surface area contributed by atoms with E-state index in [4.69, 9.17) is 0 Å². The number of ketones is 1. The number of rotatable bonds is 5. The Morgan fingerprint density at radius 1 is 1.00 bits per heavy atom. The molecule has 3 aliphatic rings. The van der Waals surface area contributed by atoms with Crippen LogP contribution in [0.5, 0.6) is 0 Å². The summed E-state index contributed by atoms with van der Waals surface area (Å²) in [4.78, 5) is 15.1. The zero-order chi connectivity index (χ0) is 14.2. The number of nitrogens with zero attached hydrogens (tertiary/aromatic N) is 1. The van der Waals surface area contributed by atoms with Crippen molar-refractivity contribution < 1.29 is 4.79 Å². The summed E-state index contributed by atoms with van der Waals surface area (Å²) in [6, 6.07) is 12.1. The summed E-state index contributed by atoms with van der Waals surface area (Å²) >= 11 is 0. The molecular weight excluding hydrogens is 258 g/mol. The van der Waals surface area contributed by atoms with Gasteiger partial charge in [0.2, 0.25) is 0 Å². The second-order valence-electron chi connectivity index (χ2n) is 7.33. The number of carbonyl (C=O) groups is 1. The van der Waals surface area contributed by atoms with Crippen LogP contribution in [0.25, 0.3) is 0 Å². The fraction of sp³-hybridized carbons (Fsp3) is 0.632. The van der Waals surface area contributed by atoms with Crippen molar-refractivity contribution in [3.05, 3.63) is 35.9 Å². The van der Waals surface area contributed by atoms with Crippen molar-refractivity contribution in [2.45, 2.75) is 63.6 Å². The lowest BCUT2D eigenvalue weighted by molar-refractivity contribution is -0.125. The molecule has 1 saturated carbocycles. The van der Waals surface area contributed by atoms with Gasteiger partial charge in [-0.3, -0.25) is 9.69 Å². The molecule has 3 fully saturated rings. The third kappa shape index (κ3) is 2.91. The van der Waals surface area contributed by atoms with Crippen LogP contribution >= 0.6 is 0 Å². The first-order valence-electron chi connectivity index (χ1n) is 8.62. The molecule has 2 nitrogen and oxygen atoms in total. The minimum absolute atomic E-state index is 0.370. The molecule has 21 heavy (non-hydrogen) atoms. The maximum atomic E-state index is 12.4. The molecule has 2 unspecified atom stereocenters. The van der Waals surface area contributed by atoms with E-state index in [9.17, 15) is 4.79 Å². The minimum atomic E-state index is 0.370. The normalized spacial score (nSPS) is 32.3. The van der Waals surface area contributed by atoms with Crippen LogP contribution in [0.3, 0.4) is 0 Å². The van der Waals surface area contributed by atoms with Gasteiger partial charge < -0.3 is 0 Å². The van der Waals surface area contributed by atoms with Gasteiger partial charge >= 0.3 is 0 Å². The minimum Gasteiger partial charge on any atom is -0.299 e. The van der Waals surface area contributed by atoms with E-state index < -0.39 is 0 Å². The zero-order valence-electron chi connectivity index (χ0n) is 12.7. The predicted octanol–water partition coefficient (Wildman–Crippen LogP) is 3.80. The Hall–Kier alpha value is -1.15. The summed E-state index contributed by atoms with van der Waals surface area (Å²) in [6.45, 7) is 1.07. The first kappa shape index (κ1) is 13.5. The highest BCUT2D eigenvalue weighted by molar-refractivity contribution is 5.81. The Balaban J connectivity index is 1.40. The molecular formula is C19H25NO. The molecule has 4 rings (SSSR count). The van der Waals surface area contributed by atoms with Crippen LogP contribution in [0, 0.1) is 11.8 Å². The second-order valence-corrected chi connectivity index (χ2v) is 7.33. The Labute approximate surface area is 127 Å². The highest BCUT2D eigenvalue weighted by Gasteiger charge is 2.43. The van der Waals surface area contributed by atoms with Gasteiger partial charge in [0.25, 0.3) is 0 Å². The predicted molar refractivity (Wildman–Crippen MR) is 83.9 cm³/mol. The van der Waals surface area contributed by atoms with Crippen molar-refractivity contribution in [2.24, 2.45) is 11.8 Å². The number of hydrogen-bond donors (Lipinski definition) is 0. The molecule has 1 aromatic rings. The molecule has 0 amide bonds. The van der Waals surface area contributed by atoms with Gasteiger partial charge in [-0.2, -0.15) is 0 Å². The fourth-order valence-corrected chi connectivity index (χ4v) is 4.36. The molecule has 0 aromatic heterocycles. The van der Waals surface area contributed by atoms with Gasteiger partial charge in [0.1, 0.15) is 5.78 Å². The van der Waals surface area contributed by atoms with E-state index in [1.54, 1.807) is 0 Å². The van der Waals surface area contributed by atoms with E-state index in [0.29, 0.717) is 23.8 Å². The van der Waals surface area contributed by atoms with Gasteiger partial charge in [-0.05, 0) is 50.0 Å². The summed E-state index contributed by atoms with van der Waals surface area (Å²) < 4.78 is 0. The summed E-state index contributed by atoms with van der Waals surface area (Å²) in [5, 5.41) is 0. The van der Waals surface area contributed by atoms with Crippen molar-refractivity contribution in [1.82, 2.24) is 4.90 Å². The molecule has 0 radical (unpaired) electrons. The standard InChI is InChI=1S/C19H25NO/c21-19(10-14-6-7-14)16-11-17-8-9-18(12-16)20(17)13-15-4-2-1-3-5-15/h1-5,14,16-18H,6-13H2. The topological polar surface area (TPSA) is 20.3 Å². The molecule has 2 bridgehead atoms. The Kier molecular flexibility index (Phi) is 3.58.